The Balaban J connectivity index is 1.50. The molecule has 1 aliphatic heterocycles. The fourth-order valence-corrected chi connectivity index (χ4v) is 4.40. The summed E-state index contributed by atoms with van der Waals surface area (Å²) in [5.41, 5.74) is 1.41. The van der Waals surface area contributed by atoms with Gasteiger partial charge in [0, 0.05) is 25.8 Å². The molecule has 1 spiro atoms. The van der Waals surface area contributed by atoms with Gasteiger partial charge in [-0.2, -0.15) is 0 Å². The molecular weight excluding hydrogens is 312 g/mol. The topological polar surface area (TPSA) is 57.8 Å². The summed E-state index contributed by atoms with van der Waals surface area (Å²) in [6.45, 7) is 5.85. The number of nitrogens with zero attached hydrogens (tertiary/aromatic N) is 5. The maximum atomic E-state index is 4.87. The first-order valence-corrected chi connectivity index (χ1v) is 9.62. The molecule has 6 nitrogen and oxygen atoms in total. The molecule has 0 atom stereocenters. The Morgan fingerprint density at radius 3 is 2.92 bits per heavy atom. The minimum absolute atomic E-state index is 0.538. The molecule has 2 aromatic heterocycles. The Morgan fingerprint density at radius 2 is 2.08 bits per heavy atom. The number of aromatic nitrogens is 3. The average molecular weight is 340 g/mol. The lowest BCUT2D eigenvalue weighted by Crippen LogP contribution is -2.41. The van der Waals surface area contributed by atoms with Gasteiger partial charge in [0.15, 0.2) is 17.4 Å². The van der Waals surface area contributed by atoms with Crippen LogP contribution in [0.25, 0.3) is 5.65 Å². The summed E-state index contributed by atoms with van der Waals surface area (Å²) in [4.78, 5) is 7.33. The third-order valence-corrected chi connectivity index (χ3v) is 5.74. The van der Waals surface area contributed by atoms with E-state index in [9.17, 15) is 0 Å². The van der Waals surface area contributed by atoms with Crippen LogP contribution in [0, 0.1) is 5.41 Å². The Labute approximate surface area is 149 Å². The van der Waals surface area contributed by atoms with Crippen LogP contribution in [0.2, 0.25) is 0 Å². The van der Waals surface area contributed by atoms with Gasteiger partial charge in [0.1, 0.15) is 6.54 Å². The zero-order valence-electron chi connectivity index (χ0n) is 15.1. The van der Waals surface area contributed by atoms with Crippen LogP contribution in [-0.4, -0.2) is 45.1 Å². The van der Waals surface area contributed by atoms with Gasteiger partial charge in [0.05, 0.1) is 0 Å². The number of pyridine rings is 1. The monoisotopic (exact) mass is 340 g/mol. The number of fused-ring (bicyclic) bond motifs is 1. The predicted octanol–water partition coefficient (Wildman–Crippen LogP) is 2.85. The Hall–Kier alpha value is -2.11. The van der Waals surface area contributed by atoms with Gasteiger partial charge in [-0.05, 0) is 43.7 Å². The van der Waals surface area contributed by atoms with Crippen molar-refractivity contribution in [2.75, 3.05) is 19.6 Å². The second-order valence-electron chi connectivity index (χ2n) is 7.45. The van der Waals surface area contributed by atoms with Crippen LogP contribution < -0.4 is 5.32 Å². The Bertz CT molecular complexity index is 743. The summed E-state index contributed by atoms with van der Waals surface area (Å²) >= 11 is 0. The van der Waals surface area contributed by atoms with E-state index in [1.807, 2.05) is 28.8 Å². The summed E-state index contributed by atoms with van der Waals surface area (Å²) < 4.78 is 2.01. The van der Waals surface area contributed by atoms with E-state index in [1.165, 1.54) is 38.5 Å². The molecule has 0 radical (unpaired) electrons. The lowest BCUT2D eigenvalue weighted by molar-refractivity contribution is 0.203. The molecule has 1 N–H and O–H groups in total. The van der Waals surface area contributed by atoms with Crippen molar-refractivity contribution in [3.63, 3.8) is 0 Å². The highest BCUT2D eigenvalue weighted by molar-refractivity contribution is 5.80. The molecule has 6 heteroatoms. The SMILES string of the molecule is CCNC(=NCc1nnc2ccccn12)N1CCC2(CCCCC2)C1. The minimum atomic E-state index is 0.538. The molecule has 1 saturated heterocycles. The van der Waals surface area contributed by atoms with Crippen LogP contribution in [0.5, 0.6) is 0 Å². The van der Waals surface area contributed by atoms with E-state index >= 15 is 0 Å². The van der Waals surface area contributed by atoms with Crippen molar-refractivity contribution in [2.24, 2.45) is 10.4 Å². The number of hydrogen-bond acceptors (Lipinski definition) is 3. The van der Waals surface area contributed by atoms with Crippen LogP contribution in [0.1, 0.15) is 51.3 Å². The average Bonchev–Trinajstić information content (AvgIpc) is 3.24. The van der Waals surface area contributed by atoms with Crippen molar-refractivity contribution in [1.82, 2.24) is 24.8 Å². The van der Waals surface area contributed by atoms with Crippen LogP contribution in [-0.2, 0) is 6.54 Å². The summed E-state index contributed by atoms with van der Waals surface area (Å²) in [7, 11) is 0. The van der Waals surface area contributed by atoms with E-state index in [0.717, 1.165) is 37.1 Å². The van der Waals surface area contributed by atoms with Gasteiger partial charge >= 0.3 is 0 Å². The van der Waals surface area contributed by atoms with Crippen molar-refractivity contribution >= 4 is 11.6 Å². The Kier molecular flexibility index (Phi) is 4.59. The molecule has 134 valence electrons. The van der Waals surface area contributed by atoms with Crippen LogP contribution in [0.15, 0.2) is 29.4 Å². The zero-order chi connectivity index (χ0) is 17.1. The van der Waals surface area contributed by atoms with Crippen molar-refractivity contribution in [2.45, 2.75) is 52.0 Å². The van der Waals surface area contributed by atoms with Crippen molar-refractivity contribution in [1.29, 1.82) is 0 Å². The number of hydrogen-bond donors (Lipinski definition) is 1. The standard InChI is InChI=1S/C19H28N6/c1-2-20-18(24-13-11-19(15-24)9-5-3-6-10-19)21-14-17-23-22-16-8-4-7-12-25(16)17/h4,7-8,12H,2-3,5-6,9-11,13-15H2,1H3,(H,20,21). The van der Waals surface area contributed by atoms with Gasteiger partial charge in [0.25, 0.3) is 0 Å². The Morgan fingerprint density at radius 1 is 1.20 bits per heavy atom. The van der Waals surface area contributed by atoms with E-state index in [-0.39, 0.29) is 0 Å². The van der Waals surface area contributed by atoms with E-state index < -0.39 is 0 Å². The lowest BCUT2D eigenvalue weighted by atomic mass is 9.73. The quantitative estimate of drug-likeness (QED) is 0.689. The molecular formula is C19H28N6. The summed E-state index contributed by atoms with van der Waals surface area (Å²) in [5.74, 6) is 1.91. The van der Waals surface area contributed by atoms with E-state index in [0.29, 0.717) is 12.0 Å². The molecule has 25 heavy (non-hydrogen) atoms. The second kappa shape index (κ2) is 7.02. The van der Waals surface area contributed by atoms with Gasteiger partial charge in [0.2, 0.25) is 0 Å². The molecule has 4 rings (SSSR count). The van der Waals surface area contributed by atoms with E-state index in [1.54, 1.807) is 0 Å². The molecule has 0 amide bonds. The first kappa shape index (κ1) is 16.4. The largest absolute Gasteiger partial charge is 0.357 e. The van der Waals surface area contributed by atoms with Crippen LogP contribution >= 0.6 is 0 Å². The maximum absolute atomic E-state index is 4.87. The number of aliphatic imine (C=N–C) groups is 1. The molecule has 2 fully saturated rings. The molecule has 0 aromatic carbocycles. The highest BCUT2D eigenvalue weighted by Gasteiger charge is 2.39. The molecule has 3 heterocycles. The number of likely N-dealkylation sites (tertiary alicyclic amines) is 1. The molecule has 2 aliphatic rings. The predicted molar refractivity (Wildman–Crippen MR) is 99.5 cm³/mol. The number of rotatable bonds is 3. The van der Waals surface area contributed by atoms with Gasteiger partial charge < -0.3 is 10.2 Å². The van der Waals surface area contributed by atoms with Crippen molar-refractivity contribution in [3.05, 3.63) is 30.2 Å². The second-order valence-corrected chi connectivity index (χ2v) is 7.45. The fraction of sp³-hybridized carbons (Fsp3) is 0.632. The summed E-state index contributed by atoms with van der Waals surface area (Å²) in [6, 6.07) is 5.95. The number of guanidine groups is 1. The van der Waals surface area contributed by atoms with Gasteiger partial charge in [-0.1, -0.05) is 25.3 Å². The highest BCUT2D eigenvalue weighted by Crippen LogP contribution is 2.43. The maximum Gasteiger partial charge on any atom is 0.194 e. The fourth-order valence-electron chi connectivity index (χ4n) is 4.40. The van der Waals surface area contributed by atoms with E-state index in [2.05, 4.69) is 27.3 Å². The van der Waals surface area contributed by atoms with Gasteiger partial charge in [-0.15, -0.1) is 10.2 Å². The number of nitrogens with one attached hydrogen (secondary N) is 1. The zero-order valence-corrected chi connectivity index (χ0v) is 15.1. The van der Waals surface area contributed by atoms with Crippen molar-refractivity contribution in [3.8, 4) is 0 Å². The first-order chi connectivity index (χ1) is 12.3. The molecule has 2 aromatic rings. The molecule has 0 unspecified atom stereocenters. The van der Waals surface area contributed by atoms with Crippen LogP contribution in [0.3, 0.4) is 0 Å². The lowest BCUT2D eigenvalue weighted by Gasteiger charge is -2.33. The smallest absolute Gasteiger partial charge is 0.194 e. The normalized spacial score (nSPS) is 20.5. The van der Waals surface area contributed by atoms with Crippen molar-refractivity contribution < 1.29 is 0 Å². The molecule has 0 bridgehead atoms. The highest BCUT2D eigenvalue weighted by atomic mass is 15.3. The van der Waals surface area contributed by atoms with Gasteiger partial charge in [-0.3, -0.25) is 4.40 Å². The third-order valence-electron chi connectivity index (χ3n) is 5.74. The third kappa shape index (κ3) is 3.34. The summed E-state index contributed by atoms with van der Waals surface area (Å²) in [6.07, 6.45) is 10.3. The van der Waals surface area contributed by atoms with E-state index in [4.69, 9.17) is 4.99 Å². The minimum Gasteiger partial charge on any atom is -0.357 e. The van der Waals surface area contributed by atoms with Gasteiger partial charge in [-0.25, -0.2) is 4.99 Å². The molecule has 1 saturated carbocycles. The molecule has 1 aliphatic carbocycles. The van der Waals surface area contributed by atoms with Crippen LogP contribution in [0.4, 0.5) is 0 Å². The summed E-state index contributed by atoms with van der Waals surface area (Å²) in [5, 5.41) is 12.0. The first-order valence-electron chi connectivity index (χ1n) is 9.62.